The molecule has 1 N–H and O–H groups in total. The molecule has 2 aliphatic rings. The summed E-state index contributed by atoms with van der Waals surface area (Å²) in [6.07, 6.45) is 0.540. The molecule has 0 spiro atoms. The Morgan fingerprint density at radius 1 is 1.10 bits per heavy atom. The van der Waals surface area contributed by atoms with Crippen LogP contribution in [0.2, 0.25) is 0 Å². The van der Waals surface area contributed by atoms with Crippen LogP contribution in [0.5, 0.6) is 5.75 Å². The van der Waals surface area contributed by atoms with Crippen LogP contribution in [0.15, 0.2) is 48.5 Å². The summed E-state index contributed by atoms with van der Waals surface area (Å²) in [7, 11) is 0. The lowest BCUT2D eigenvalue weighted by atomic mass is 10.1. The maximum Gasteiger partial charge on any atom is 0.267 e. The van der Waals surface area contributed by atoms with Gasteiger partial charge in [-0.1, -0.05) is 30.3 Å². The Balaban J connectivity index is 1.39. The largest absolute Gasteiger partial charge is 0.479 e. The summed E-state index contributed by atoms with van der Waals surface area (Å²) < 4.78 is 11.2. The molecule has 0 saturated carbocycles. The third kappa shape index (κ3) is 5.42. The number of carbonyl (C=O) groups is 2. The summed E-state index contributed by atoms with van der Waals surface area (Å²) >= 11 is 0. The van der Waals surface area contributed by atoms with Gasteiger partial charge in [0.05, 0.1) is 18.9 Å². The van der Waals surface area contributed by atoms with Gasteiger partial charge in [-0.3, -0.25) is 14.5 Å². The molecule has 4 rings (SSSR count). The monoisotopic (exact) mass is 423 g/mol. The third-order valence-electron chi connectivity index (χ3n) is 5.68. The molecule has 2 heterocycles. The summed E-state index contributed by atoms with van der Waals surface area (Å²) in [5.41, 5.74) is 2.56. The second-order valence-corrected chi connectivity index (χ2v) is 7.92. The van der Waals surface area contributed by atoms with Gasteiger partial charge in [0.25, 0.3) is 5.91 Å². The van der Waals surface area contributed by atoms with E-state index in [4.69, 9.17) is 9.47 Å². The van der Waals surface area contributed by atoms with Crippen molar-refractivity contribution in [2.45, 2.75) is 25.9 Å². The Morgan fingerprint density at radius 3 is 2.65 bits per heavy atom. The van der Waals surface area contributed by atoms with E-state index in [0.717, 1.165) is 44.1 Å². The minimum Gasteiger partial charge on any atom is -0.479 e. The summed E-state index contributed by atoms with van der Waals surface area (Å²) in [6.45, 7) is 6.39. The number of amides is 2. The number of nitrogens with zero attached hydrogens (tertiary/aromatic N) is 2. The highest BCUT2D eigenvalue weighted by Gasteiger charge is 2.32. The van der Waals surface area contributed by atoms with E-state index >= 15 is 0 Å². The molecule has 1 saturated heterocycles. The highest BCUT2D eigenvalue weighted by atomic mass is 16.5. The zero-order valence-electron chi connectivity index (χ0n) is 17.9. The Labute approximate surface area is 182 Å². The van der Waals surface area contributed by atoms with E-state index in [0.29, 0.717) is 30.8 Å². The van der Waals surface area contributed by atoms with Crippen molar-refractivity contribution in [1.82, 2.24) is 4.90 Å². The molecule has 2 aliphatic heterocycles. The third-order valence-corrected chi connectivity index (χ3v) is 5.68. The molecule has 0 radical (unpaired) electrons. The molecule has 2 amide bonds. The zero-order chi connectivity index (χ0) is 21.6. The van der Waals surface area contributed by atoms with E-state index in [1.165, 1.54) is 0 Å². The minimum absolute atomic E-state index is 0.0413. The van der Waals surface area contributed by atoms with Crippen molar-refractivity contribution in [3.63, 3.8) is 0 Å². The zero-order valence-corrected chi connectivity index (χ0v) is 17.9. The number of nitrogens with one attached hydrogen (secondary N) is 1. The summed E-state index contributed by atoms with van der Waals surface area (Å²) in [6, 6.07) is 15.4. The number of rotatable bonds is 7. The van der Waals surface area contributed by atoms with Crippen LogP contribution in [0.3, 0.4) is 0 Å². The highest BCUT2D eigenvalue weighted by molar-refractivity contribution is 6.00. The van der Waals surface area contributed by atoms with E-state index in [1.54, 1.807) is 17.9 Å². The molecule has 1 unspecified atom stereocenters. The van der Waals surface area contributed by atoms with E-state index in [1.807, 2.05) is 42.5 Å². The van der Waals surface area contributed by atoms with Gasteiger partial charge in [0, 0.05) is 44.4 Å². The SMILES string of the molecule is CC1Oc2cc(NC(=O)CCc3ccccc3)ccc2N(CCN2CCOCC2)C1=O. The van der Waals surface area contributed by atoms with Crippen LogP contribution in [0.1, 0.15) is 18.9 Å². The first kappa shape index (κ1) is 21.3. The number of ether oxygens (including phenoxy) is 2. The molecule has 1 fully saturated rings. The predicted octanol–water partition coefficient (Wildman–Crippen LogP) is 2.70. The second kappa shape index (κ2) is 9.94. The number of benzene rings is 2. The molecule has 7 heteroatoms. The van der Waals surface area contributed by atoms with Gasteiger partial charge in [-0.2, -0.15) is 0 Å². The van der Waals surface area contributed by atoms with Gasteiger partial charge in [-0.25, -0.2) is 0 Å². The molecular weight excluding hydrogens is 394 g/mol. The number of anilines is 2. The van der Waals surface area contributed by atoms with Crippen molar-refractivity contribution in [2.24, 2.45) is 0 Å². The molecule has 164 valence electrons. The molecule has 7 nitrogen and oxygen atoms in total. The lowest BCUT2D eigenvalue weighted by molar-refractivity contribution is -0.125. The quantitative estimate of drug-likeness (QED) is 0.742. The molecule has 0 bridgehead atoms. The van der Waals surface area contributed by atoms with Crippen molar-refractivity contribution in [2.75, 3.05) is 49.6 Å². The molecule has 2 aromatic carbocycles. The summed E-state index contributed by atoms with van der Waals surface area (Å²) in [5.74, 6) is 0.531. The van der Waals surface area contributed by atoms with Crippen molar-refractivity contribution in [1.29, 1.82) is 0 Å². The standard InChI is InChI=1S/C24H29N3O4/c1-18-24(29)27(12-11-26-13-15-30-16-14-26)21-9-8-20(17-22(21)31-18)25-23(28)10-7-19-5-3-2-4-6-19/h2-6,8-9,17-18H,7,10-16H2,1H3,(H,25,28). The molecule has 0 aliphatic carbocycles. The van der Waals surface area contributed by atoms with Crippen molar-refractivity contribution in [3.8, 4) is 5.75 Å². The van der Waals surface area contributed by atoms with Gasteiger partial charge in [-0.05, 0) is 31.0 Å². The fourth-order valence-corrected chi connectivity index (χ4v) is 3.91. The Hall–Kier alpha value is -2.90. The first-order chi connectivity index (χ1) is 15.1. The number of morpholine rings is 1. The van der Waals surface area contributed by atoms with Crippen molar-refractivity contribution < 1.29 is 19.1 Å². The van der Waals surface area contributed by atoms with E-state index < -0.39 is 6.10 Å². The van der Waals surface area contributed by atoms with Gasteiger partial charge in [0.1, 0.15) is 5.75 Å². The van der Waals surface area contributed by atoms with Gasteiger partial charge in [0.15, 0.2) is 6.10 Å². The molecule has 2 aromatic rings. The topological polar surface area (TPSA) is 71.1 Å². The highest BCUT2D eigenvalue weighted by Crippen LogP contribution is 2.36. The average molecular weight is 424 g/mol. The number of hydrogen-bond acceptors (Lipinski definition) is 5. The fraction of sp³-hybridized carbons (Fsp3) is 0.417. The molecule has 1 atom stereocenters. The first-order valence-corrected chi connectivity index (χ1v) is 10.9. The summed E-state index contributed by atoms with van der Waals surface area (Å²) in [5, 5.41) is 2.94. The van der Waals surface area contributed by atoms with Crippen LogP contribution in [0, 0.1) is 0 Å². The van der Waals surface area contributed by atoms with Gasteiger partial charge in [0.2, 0.25) is 5.91 Å². The minimum atomic E-state index is -0.554. The normalized spacial score (nSPS) is 18.9. The number of fused-ring (bicyclic) bond motifs is 1. The van der Waals surface area contributed by atoms with Crippen LogP contribution in [0.4, 0.5) is 11.4 Å². The number of hydrogen-bond donors (Lipinski definition) is 1. The molecule has 0 aromatic heterocycles. The first-order valence-electron chi connectivity index (χ1n) is 10.9. The van der Waals surface area contributed by atoms with E-state index in [9.17, 15) is 9.59 Å². The Bertz CT molecular complexity index is 912. The maximum absolute atomic E-state index is 12.7. The molecule has 31 heavy (non-hydrogen) atoms. The average Bonchev–Trinajstić information content (AvgIpc) is 2.79. The number of aryl methyl sites for hydroxylation is 1. The Morgan fingerprint density at radius 2 is 1.87 bits per heavy atom. The lowest BCUT2D eigenvalue weighted by Gasteiger charge is -2.35. The van der Waals surface area contributed by atoms with Crippen LogP contribution >= 0.6 is 0 Å². The summed E-state index contributed by atoms with van der Waals surface area (Å²) in [4.78, 5) is 29.2. The lowest BCUT2D eigenvalue weighted by Crippen LogP contribution is -2.48. The smallest absolute Gasteiger partial charge is 0.267 e. The van der Waals surface area contributed by atoms with Crippen molar-refractivity contribution >= 4 is 23.2 Å². The predicted molar refractivity (Wildman–Crippen MR) is 120 cm³/mol. The van der Waals surface area contributed by atoms with Crippen LogP contribution in [0.25, 0.3) is 0 Å². The second-order valence-electron chi connectivity index (χ2n) is 7.92. The van der Waals surface area contributed by atoms with Gasteiger partial charge >= 0.3 is 0 Å². The maximum atomic E-state index is 12.7. The van der Waals surface area contributed by atoms with Crippen molar-refractivity contribution in [3.05, 3.63) is 54.1 Å². The van der Waals surface area contributed by atoms with Gasteiger partial charge in [-0.15, -0.1) is 0 Å². The Kier molecular flexibility index (Phi) is 6.84. The van der Waals surface area contributed by atoms with Crippen LogP contribution in [-0.2, 0) is 20.7 Å². The number of carbonyl (C=O) groups excluding carboxylic acids is 2. The fourth-order valence-electron chi connectivity index (χ4n) is 3.91. The van der Waals surface area contributed by atoms with E-state index in [2.05, 4.69) is 10.2 Å². The van der Waals surface area contributed by atoms with E-state index in [-0.39, 0.29) is 11.8 Å². The molecular formula is C24H29N3O4. The van der Waals surface area contributed by atoms with Gasteiger partial charge < -0.3 is 19.7 Å². The van der Waals surface area contributed by atoms with Crippen LogP contribution in [-0.4, -0.2) is 62.2 Å². The van der Waals surface area contributed by atoms with Crippen LogP contribution < -0.4 is 15.0 Å².